The van der Waals surface area contributed by atoms with E-state index in [1.807, 2.05) is 24.3 Å². The number of thioether (sulfide) groups is 1. The van der Waals surface area contributed by atoms with Crippen LogP contribution in [-0.2, 0) is 14.4 Å². The summed E-state index contributed by atoms with van der Waals surface area (Å²) in [7, 11) is 0. The van der Waals surface area contributed by atoms with Gasteiger partial charge >= 0.3 is 5.97 Å². The number of aliphatic carboxylic acids is 1. The molecule has 1 unspecified atom stereocenters. The molecule has 2 aliphatic rings. The van der Waals surface area contributed by atoms with Crippen LogP contribution >= 0.6 is 11.8 Å². The van der Waals surface area contributed by atoms with Crippen LogP contribution in [0, 0.1) is 0 Å². The first kappa shape index (κ1) is 26.6. The van der Waals surface area contributed by atoms with Crippen LogP contribution in [0.25, 0.3) is 21.7 Å². The Labute approximate surface area is 237 Å². The summed E-state index contributed by atoms with van der Waals surface area (Å²) in [4.78, 5) is 66.3. The zero-order valence-corrected chi connectivity index (χ0v) is 22.8. The number of benzene rings is 3. The highest BCUT2D eigenvalue weighted by atomic mass is 32.2. The maximum absolute atomic E-state index is 13.5. The normalized spacial score (nSPS) is 21.7. The molecule has 2 aliphatic heterocycles. The quantitative estimate of drug-likeness (QED) is 0.237. The summed E-state index contributed by atoms with van der Waals surface area (Å²) in [6.45, 7) is 3.48. The minimum atomic E-state index is -1.24. The number of β-lactam (4-membered cyclic amide) rings is 1. The van der Waals surface area contributed by atoms with Gasteiger partial charge in [0, 0.05) is 4.75 Å². The van der Waals surface area contributed by atoms with Crippen molar-refractivity contribution in [3.63, 3.8) is 0 Å². The molecule has 6 rings (SSSR count). The lowest BCUT2D eigenvalue weighted by Crippen LogP contribution is -2.71. The Hall–Kier alpha value is -4.64. The van der Waals surface area contributed by atoms with Gasteiger partial charge in [0.1, 0.15) is 40.9 Å². The van der Waals surface area contributed by atoms with E-state index in [-0.39, 0.29) is 10.9 Å². The first-order chi connectivity index (χ1) is 19.6. The van der Waals surface area contributed by atoms with Gasteiger partial charge in [-0.15, -0.1) is 11.8 Å². The number of amides is 3. The van der Waals surface area contributed by atoms with Crippen LogP contribution in [0.2, 0.25) is 0 Å². The summed E-state index contributed by atoms with van der Waals surface area (Å²) in [5.74, 6) is -3.10. The number of fused-ring (bicyclic) bond motifs is 3. The first-order valence-electron chi connectivity index (χ1n) is 12.9. The van der Waals surface area contributed by atoms with Crippen LogP contribution in [0.3, 0.4) is 0 Å². The van der Waals surface area contributed by atoms with E-state index < -0.39 is 57.4 Å². The molecule has 4 atom stereocenters. The molecule has 41 heavy (non-hydrogen) atoms. The minimum absolute atomic E-state index is 0.228. The highest BCUT2D eigenvalue weighted by Gasteiger charge is 2.64. The van der Waals surface area contributed by atoms with Crippen LogP contribution in [0.1, 0.15) is 35.8 Å². The first-order valence-corrected chi connectivity index (χ1v) is 13.8. The molecule has 11 heteroatoms. The SMILES string of the molecule is CC1(C)S[C@@H]2[C@H](NC(=O)C(NC(=O)c3coc4cc5ccccc5cc4c3=O)c3ccccc3)C(=O)N2[C@H]1C(=O)O. The second-order valence-corrected chi connectivity index (χ2v) is 12.3. The van der Waals surface area contributed by atoms with E-state index in [9.17, 15) is 29.1 Å². The summed E-state index contributed by atoms with van der Waals surface area (Å²) in [5.41, 5.74) is -0.0612. The number of carboxylic acid groups (broad SMARTS) is 1. The molecule has 2 saturated heterocycles. The summed E-state index contributed by atoms with van der Waals surface area (Å²) >= 11 is 1.30. The number of carbonyl (C=O) groups excluding carboxylic acids is 3. The summed E-state index contributed by atoms with van der Waals surface area (Å²) in [5, 5.41) is 16.3. The van der Waals surface area contributed by atoms with Crippen molar-refractivity contribution >= 4 is 57.2 Å². The highest BCUT2D eigenvalue weighted by molar-refractivity contribution is 8.01. The van der Waals surface area contributed by atoms with E-state index in [1.165, 1.54) is 16.7 Å². The van der Waals surface area contributed by atoms with Crippen molar-refractivity contribution in [1.82, 2.24) is 15.5 Å². The van der Waals surface area contributed by atoms with E-state index in [0.717, 1.165) is 17.0 Å². The lowest BCUT2D eigenvalue weighted by molar-refractivity contribution is -0.161. The topological polar surface area (TPSA) is 146 Å². The molecule has 3 aromatic carbocycles. The molecule has 3 amide bonds. The standard InChI is InChI=1S/C30H25N3O7S/c1-30(2)24(29(38)39)33-27(37)22(28(33)41-30)32-26(36)21(15-8-4-3-5-9-15)31-25(35)19-14-40-20-13-17-11-7-6-10-16(17)12-18(20)23(19)34/h3-14,21-22,24,28H,1-2H3,(H,31,35)(H,32,36)(H,38,39)/t21?,22-,24+,28-/m1/s1. The van der Waals surface area contributed by atoms with E-state index >= 15 is 0 Å². The number of rotatable bonds is 6. The Morgan fingerprint density at radius 3 is 2.34 bits per heavy atom. The second kappa shape index (κ2) is 9.77. The Morgan fingerprint density at radius 1 is 1.00 bits per heavy atom. The molecule has 208 valence electrons. The van der Waals surface area contributed by atoms with Gasteiger partial charge in [-0.3, -0.25) is 19.2 Å². The van der Waals surface area contributed by atoms with E-state index in [1.54, 1.807) is 56.3 Å². The third-order valence-electron chi connectivity index (χ3n) is 7.53. The van der Waals surface area contributed by atoms with E-state index in [0.29, 0.717) is 11.1 Å². The monoisotopic (exact) mass is 571 g/mol. The second-order valence-electron chi connectivity index (χ2n) is 10.6. The Bertz CT molecular complexity index is 1800. The molecule has 0 spiro atoms. The van der Waals surface area contributed by atoms with Crippen molar-refractivity contribution in [3.05, 3.63) is 94.3 Å². The van der Waals surface area contributed by atoms with Crippen molar-refractivity contribution < 1.29 is 28.7 Å². The van der Waals surface area contributed by atoms with Gasteiger partial charge in [0.25, 0.3) is 5.91 Å². The van der Waals surface area contributed by atoms with Crippen molar-refractivity contribution in [2.75, 3.05) is 0 Å². The van der Waals surface area contributed by atoms with Gasteiger partial charge in [-0.05, 0) is 42.3 Å². The van der Waals surface area contributed by atoms with Crippen molar-refractivity contribution in [2.24, 2.45) is 0 Å². The molecular weight excluding hydrogens is 546 g/mol. The molecule has 4 aromatic rings. The molecule has 0 radical (unpaired) electrons. The molecule has 0 saturated carbocycles. The molecule has 3 heterocycles. The predicted octanol–water partition coefficient (Wildman–Crippen LogP) is 3.05. The van der Waals surface area contributed by atoms with E-state index in [4.69, 9.17) is 4.42 Å². The molecule has 0 aliphatic carbocycles. The van der Waals surface area contributed by atoms with Crippen molar-refractivity contribution in [1.29, 1.82) is 0 Å². The molecule has 3 N–H and O–H groups in total. The molecule has 10 nitrogen and oxygen atoms in total. The maximum atomic E-state index is 13.5. The van der Waals surface area contributed by atoms with Crippen LogP contribution in [0.15, 0.2) is 82.2 Å². The number of hydrogen-bond donors (Lipinski definition) is 3. The summed E-state index contributed by atoms with van der Waals surface area (Å²) in [6, 6.07) is 16.0. The van der Waals surface area contributed by atoms with Gasteiger partial charge in [0.05, 0.1) is 5.39 Å². The van der Waals surface area contributed by atoms with Gasteiger partial charge in [0.2, 0.25) is 17.2 Å². The largest absolute Gasteiger partial charge is 0.480 e. The zero-order chi connectivity index (χ0) is 29.1. The average molecular weight is 572 g/mol. The fraction of sp³-hybridized carbons (Fsp3) is 0.233. The Morgan fingerprint density at radius 2 is 1.66 bits per heavy atom. The van der Waals surface area contributed by atoms with Gasteiger partial charge in [-0.1, -0.05) is 54.6 Å². The van der Waals surface area contributed by atoms with E-state index in [2.05, 4.69) is 10.6 Å². The van der Waals surface area contributed by atoms with Crippen LogP contribution in [0.4, 0.5) is 0 Å². The Balaban J connectivity index is 1.27. The van der Waals surface area contributed by atoms with Crippen LogP contribution in [0.5, 0.6) is 0 Å². The predicted molar refractivity (Wildman–Crippen MR) is 152 cm³/mol. The molecule has 1 aromatic heterocycles. The van der Waals surface area contributed by atoms with Crippen molar-refractivity contribution in [2.45, 2.75) is 42.1 Å². The fourth-order valence-electron chi connectivity index (χ4n) is 5.51. The molecule has 0 bridgehead atoms. The van der Waals surface area contributed by atoms with Gasteiger partial charge < -0.3 is 25.1 Å². The third-order valence-corrected chi connectivity index (χ3v) is 9.10. The number of nitrogens with one attached hydrogen (secondary N) is 2. The van der Waals surface area contributed by atoms with Gasteiger partial charge in [-0.2, -0.15) is 0 Å². The highest BCUT2D eigenvalue weighted by Crippen LogP contribution is 2.50. The van der Waals surface area contributed by atoms with Gasteiger partial charge in [-0.25, -0.2) is 4.79 Å². The van der Waals surface area contributed by atoms with Crippen LogP contribution in [-0.4, -0.2) is 55.9 Å². The molecular formula is C30H25N3O7S. The summed E-state index contributed by atoms with van der Waals surface area (Å²) in [6.07, 6.45) is 1.07. The lowest BCUT2D eigenvalue weighted by atomic mass is 9.95. The summed E-state index contributed by atoms with van der Waals surface area (Å²) < 4.78 is 4.88. The number of carboxylic acids is 1. The van der Waals surface area contributed by atoms with Gasteiger partial charge in [0.15, 0.2) is 0 Å². The Kier molecular flexibility index (Phi) is 6.33. The third kappa shape index (κ3) is 4.42. The smallest absolute Gasteiger partial charge is 0.327 e. The minimum Gasteiger partial charge on any atom is -0.480 e. The number of nitrogens with zero attached hydrogens (tertiary/aromatic N) is 1. The molecule has 2 fully saturated rings. The lowest BCUT2D eigenvalue weighted by Gasteiger charge is -2.44. The number of hydrogen-bond acceptors (Lipinski definition) is 7. The van der Waals surface area contributed by atoms with Crippen LogP contribution < -0.4 is 16.1 Å². The number of carbonyl (C=O) groups is 4. The zero-order valence-electron chi connectivity index (χ0n) is 22.0. The van der Waals surface area contributed by atoms with Crippen molar-refractivity contribution in [3.8, 4) is 0 Å². The fourth-order valence-corrected chi connectivity index (χ4v) is 7.13. The maximum Gasteiger partial charge on any atom is 0.327 e. The average Bonchev–Trinajstić information content (AvgIpc) is 3.22.